The van der Waals surface area contributed by atoms with Gasteiger partial charge in [0.1, 0.15) is 11.4 Å². The van der Waals surface area contributed by atoms with Crippen molar-refractivity contribution >= 4 is 5.91 Å². The summed E-state index contributed by atoms with van der Waals surface area (Å²) in [5, 5.41) is 2.70. The number of fused-ring (bicyclic) bond motifs is 3. The van der Waals surface area contributed by atoms with Gasteiger partial charge in [0.25, 0.3) is 5.91 Å². The number of hydrogen-bond donors (Lipinski definition) is 1. The first-order valence-corrected chi connectivity index (χ1v) is 6.86. The van der Waals surface area contributed by atoms with Crippen LogP contribution in [0.4, 0.5) is 0 Å². The van der Waals surface area contributed by atoms with Crippen molar-refractivity contribution in [3.63, 3.8) is 0 Å². The van der Waals surface area contributed by atoms with E-state index in [0.717, 1.165) is 11.3 Å². The van der Waals surface area contributed by atoms with Gasteiger partial charge in [-0.1, -0.05) is 18.2 Å². The molecule has 0 aliphatic carbocycles. The molecule has 0 bridgehead atoms. The summed E-state index contributed by atoms with van der Waals surface area (Å²) >= 11 is 0. The molecule has 1 aromatic rings. The fraction of sp³-hybridized carbons (Fsp3) is 0.438. The van der Waals surface area contributed by atoms with Crippen molar-refractivity contribution in [2.75, 3.05) is 13.7 Å². The molecule has 20 heavy (non-hydrogen) atoms. The number of amides is 1. The van der Waals surface area contributed by atoms with Gasteiger partial charge in [-0.15, -0.1) is 0 Å². The van der Waals surface area contributed by atoms with E-state index < -0.39 is 0 Å². The molecule has 106 valence electrons. The second-order valence-corrected chi connectivity index (χ2v) is 5.81. The van der Waals surface area contributed by atoms with Crippen molar-refractivity contribution in [3.05, 3.63) is 41.7 Å². The highest BCUT2D eigenvalue weighted by molar-refractivity contribution is 5.95. The van der Waals surface area contributed by atoms with Crippen LogP contribution in [0.15, 0.2) is 36.1 Å². The van der Waals surface area contributed by atoms with Crippen LogP contribution in [-0.2, 0) is 9.53 Å². The maximum atomic E-state index is 12.1. The number of ether oxygens (including phenoxy) is 2. The minimum absolute atomic E-state index is 0.0173. The summed E-state index contributed by atoms with van der Waals surface area (Å²) in [5.41, 5.74) is 1.39. The lowest BCUT2D eigenvalue weighted by atomic mass is 9.70. The number of carbonyl (C=O) groups is 1. The average molecular weight is 273 g/mol. The first kappa shape index (κ1) is 13.0. The highest BCUT2D eigenvalue weighted by atomic mass is 16.5. The Labute approximate surface area is 118 Å². The van der Waals surface area contributed by atoms with Gasteiger partial charge in [0.15, 0.2) is 0 Å². The Bertz CT molecular complexity index is 577. The first-order valence-electron chi connectivity index (χ1n) is 6.86. The molecule has 2 aliphatic heterocycles. The van der Waals surface area contributed by atoms with Gasteiger partial charge in [-0.25, -0.2) is 0 Å². The number of likely N-dealkylation sites (N-methyl/N-ethyl adjacent to an activating group) is 1. The van der Waals surface area contributed by atoms with E-state index >= 15 is 0 Å². The number of para-hydroxylation sites is 1. The molecular formula is C16H19NO3. The maximum absolute atomic E-state index is 12.1. The predicted molar refractivity (Wildman–Crippen MR) is 75.5 cm³/mol. The minimum Gasteiger partial charge on any atom is -0.494 e. The molecule has 1 N–H and O–H groups in total. The van der Waals surface area contributed by atoms with Crippen LogP contribution < -0.4 is 10.1 Å². The molecule has 4 nitrogen and oxygen atoms in total. The molecule has 4 heteroatoms. The summed E-state index contributed by atoms with van der Waals surface area (Å²) in [5.74, 6) is 0.909. The fourth-order valence-corrected chi connectivity index (χ4v) is 3.06. The maximum Gasteiger partial charge on any atom is 0.250 e. The smallest absolute Gasteiger partial charge is 0.250 e. The second kappa shape index (κ2) is 4.54. The van der Waals surface area contributed by atoms with Gasteiger partial charge in [0.05, 0.1) is 18.4 Å². The third-order valence-electron chi connectivity index (χ3n) is 4.28. The van der Waals surface area contributed by atoms with Gasteiger partial charge in [-0.05, 0) is 19.9 Å². The van der Waals surface area contributed by atoms with Crippen LogP contribution in [0.2, 0.25) is 0 Å². The average Bonchev–Trinajstić information content (AvgIpc) is 2.46. The van der Waals surface area contributed by atoms with E-state index in [1.54, 1.807) is 13.3 Å². The zero-order chi connectivity index (χ0) is 14.3. The number of nitrogens with one attached hydrogen (secondary N) is 1. The van der Waals surface area contributed by atoms with Crippen molar-refractivity contribution in [2.24, 2.45) is 5.92 Å². The Balaban J connectivity index is 2.13. The lowest BCUT2D eigenvalue weighted by Gasteiger charge is -2.45. The van der Waals surface area contributed by atoms with Crippen LogP contribution in [0, 0.1) is 5.92 Å². The van der Waals surface area contributed by atoms with E-state index in [0.29, 0.717) is 12.2 Å². The molecule has 2 aliphatic rings. The highest BCUT2D eigenvalue weighted by Crippen LogP contribution is 2.49. The van der Waals surface area contributed by atoms with Crippen molar-refractivity contribution in [2.45, 2.75) is 25.4 Å². The van der Waals surface area contributed by atoms with Crippen molar-refractivity contribution in [1.82, 2.24) is 5.32 Å². The normalized spacial score (nSPS) is 26.2. The molecule has 0 saturated carbocycles. The lowest BCUT2D eigenvalue weighted by Crippen LogP contribution is -2.48. The summed E-state index contributed by atoms with van der Waals surface area (Å²) in [6, 6.07) is 7.92. The Kier molecular flexibility index (Phi) is 2.96. The summed E-state index contributed by atoms with van der Waals surface area (Å²) in [7, 11) is 1.64. The molecule has 0 aromatic heterocycles. The van der Waals surface area contributed by atoms with Crippen LogP contribution in [0.3, 0.4) is 0 Å². The van der Waals surface area contributed by atoms with Crippen LogP contribution in [-0.4, -0.2) is 25.2 Å². The topological polar surface area (TPSA) is 47.6 Å². The van der Waals surface area contributed by atoms with E-state index in [1.165, 1.54) is 0 Å². The molecule has 0 spiro atoms. The standard InChI is InChI=1S/C16H19NO3/c1-16(2)12-9-19-13-7-5-4-6-10(13)14(12)11(8-20-16)15(18)17-3/h4-8,12,14H,9H2,1-3H3,(H,17,18)/t12-,14-/m1/s1. The number of hydrogen-bond acceptors (Lipinski definition) is 3. The zero-order valence-electron chi connectivity index (χ0n) is 12.0. The Morgan fingerprint density at radius 2 is 2.10 bits per heavy atom. The SMILES string of the molecule is CNC(=O)C1=COC(C)(C)[C@@H]2COc3ccccc3[C@H]12. The number of benzene rings is 1. The predicted octanol–water partition coefficient (Wildman–Crippen LogP) is 2.22. The Morgan fingerprint density at radius 1 is 1.35 bits per heavy atom. The molecule has 0 radical (unpaired) electrons. The van der Waals surface area contributed by atoms with Crippen molar-refractivity contribution in [1.29, 1.82) is 0 Å². The van der Waals surface area contributed by atoms with Crippen LogP contribution in [0.1, 0.15) is 25.3 Å². The van der Waals surface area contributed by atoms with E-state index in [9.17, 15) is 4.79 Å². The molecule has 1 amide bonds. The fourth-order valence-electron chi connectivity index (χ4n) is 3.06. The van der Waals surface area contributed by atoms with E-state index in [-0.39, 0.29) is 23.3 Å². The van der Waals surface area contributed by atoms with Crippen LogP contribution in [0.25, 0.3) is 0 Å². The minimum atomic E-state index is -0.351. The monoisotopic (exact) mass is 273 g/mol. The molecule has 3 rings (SSSR count). The molecule has 0 unspecified atom stereocenters. The Hall–Kier alpha value is -1.97. The third kappa shape index (κ3) is 1.87. The van der Waals surface area contributed by atoms with Crippen molar-refractivity contribution in [3.8, 4) is 5.75 Å². The summed E-state index contributed by atoms with van der Waals surface area (Å²) in [4.78, 5) is 12.1. The molecule has 2 atom stereocenters. The molecule has 0 fully saturated rings. The highest BCUT2D eigenvalue weighted by Gasteiger charge is 2.47. The molecule has 1 aromatic carbocycles. The summed E-state index contributed by atoms with van der Waals surface area (Å²) in [6.07, 6.45) is 1.61. The lowest BCUT2D eigenvalue weighted by molar-refractivity contribution is -0.119. The largest absolute Gasteiger partial charge is 0.494 e. The van der Waals surface area contributed by atoms with Crippen LogP contribution in [0.5, 0.6) is 5.75 Å². The van der Waals surface area contributed by atoms with Crippen LogP contribution >= 0.6 is 0 Å². The van der Waals surface area contributed by atoms with E-state index in [1.807, 2.05) is 38.1 Å². The van der Waals surface area contributed by atoms with Gasteiger partial charge in [-0.2, -0.15) is 0 Å². The van der Waals surface area contributed by atoms with Gasteiger partial charge in [0, 0.05) is 24.4 Å². The van der Waals surface area contributed by atoms with Crippen molar-refractivity contribution < 1.29 is 14.3 Å². The zero-order valence-corrected chi connectivity index (χ0v) is 12.0. The first-order chi connectivity index (χ1) is 9.54. The number of rotatable bonds is 1. The second-order valence-electron chi connectivity index (χ2n) is 5.81. The summed E-state index contributed by atoms with van der Waals surface area (Å²) in [6.45, 7) is 4.64. The van der Waals surface area contributed by atoms with Gasteiger partial charge >= 0.3 is 0 Å². The van der Waals surface area contributed by atoms with Gasteiger partial charge in [-0.3, -0.25) is 4.79 Å². The van der Waals surface area contributed by atoms with E-state index in [4.69, 9.17) is 9.47 Å². The third-order valence-corrected chi connectivity index (χ3v) is 4.28. The van der Waals surface area contributed by atoms with Gasteiger partial charge < -0.3 is 14.8 Å². The van der Waals surface area contributed by atoms with Gasteiger partial charge in [0.2, 0.25) is 0 Å². The number of carbonyl (C=O) groups excluding carboxylic acids is 1. The molecule has 0 saturated heterocycles. The quantitative estimate of drug-likeness (QED) is 0.853. The summed E-state index contributed by atoms with van der Waals surface area (Å²) < 4.78 is 11.6. The molecular weight excluding hydrogens is 254 g/mol. The van der Waals surface area contributed by atoms with E-state index in [2.05, 4.69) is 5.32 Å². The Morgan fingerprint density at radius 3 is 2.85 bits per heavy atom. The molecule has 2 heterocycles.